The van der Waals surface area contributed by atoms with Crippen LogP contribution in [0.4, 0.5) is 43.8 Å². The van der Waals surface area contributed by atoms with Crippen molar-refractivity contribution in [1.29, 1.82) is 0 Å². The number of aromatic nitrogens is 3. The summed E-state index contributed by atoms with van der Waals surface area (Å²) in [6.07, 6.45) is -5.31. The normalized spacial score (nSPS) is 19.3. The molecule has 3 aromatic rings. The summed E-state index contributed by atoms with van der Waals surface area (Å²) in [5.41, 5.74) is 2.09. The Labute approximate surface area is 188 Å². The van der Waals surface area contributed by atoms with Crippen molar-refractivity contribution in [3.05, 3.63) is 51.9 Å². The summed E-state index contributed by atoms with van der Waals surface area (Å²) in [4.78, 5) is 23.3. The van der Waals surface area contributed by atoms with E-state index in [0.717, 1.165) is 25.7 Å². The minimum Gasteiger partial charge on any atom is -0.350 e. The summed E-state index contributed by atoms with van der Waals surface area (Å²) in [6, 6.07) is 2.15. The molecule has 7 nitrogen and oxygen atoms in total. The third-order valence-electron chi connectivity index (χ3n) is 5.60. The lowest BCUT2D eigenvalue weighted by Gasteiger charge is -2.29. The van der Waals surface area contributed by atoms with Crippen LogP contribution in [-0.4, -0.2) is 27.0 Å². The van der Waals surface area contributed by atoms with Gasteiger partial charge < -0.3 is 21.4 Å². The zero-order chi connectivity index (χ0) is 24.7. The Balaban J connectivity index is 1.80. The Morgan fingerprint density at radius 3 is 2.24 bits per heavy atom. The Kier molecular flexibility index (Phi) is 6.14. The van der Waals surface area contributed by atoms with Crippen LogP contribution >= 0.6 is 0 Å². The molecule has 0 spiro atoms. The summed E-state index contributed by atoms with van der Waals surface area (Å²) in [5.74, 6) is -0.197. The Bertz CT molecular complexity index is 1220. The van der Waals surface area contributed by atoms with Gasteiger partial charge in [-0.05, 0) is 37.1 Å². The Hall–Kier alpha value is -3.35. The van der Waals surface area contributed by atoms with E-state index in [9.17, 15) is 31.1 Å². The molecule has 1 aromatic carbocycles. The average molecular weight is 486 g/mol. The van der Waals surface area contributed by atoms with Crippen LogP contribution in [0.3, 0.4) is 0 Å². The molecule has 0 unspecified atom stereocenters. The first-order chi connectivity index (χ1) is 15.9. The van der Waals surface area contributed by atoms with Crippen LogP contribution in [0, 0.1) is 0 Å². The summed E-state index contributed by atoms with van der Waals surface area (Å²) >= 11 is 0. The maximum atomic E-state index is 13.3. The number of hydrogen-bond donors (Lipinski definition) is 4. The lowest BCUT2D eigenvalue weighted by atomic mass is 9.91. The van der Waals surface area contributed by atoms with E-state index < -0.39 is 34.7 Å². The Morgan fingerprint density at radius 1 is 0.971 bits per heavy atom. The molecule has 182 valence electrons. The average Bonchev–Trinajstić information content (AvgIpc) is 2.74. The first kappa shape index (κ1) is 23.8. The van der Waals surface area contributed by atoms with Gasteiger partial charge in [0.05, 0.1) is 16.6 Å². The molecule has 4 rings (SSSR count). The number of aromatic amines is 1. The van der Waals surface area contributed by atoms with Crippen molar-refractivity contribution < 1.29 is 26.3 Å². The molecule has 1 fully saturated rings. The first-order valence-corrected chi connectivity index (χ1v) is 10.4. The fourth-order valence-electron chi connectivity index (χ4n) is 3.91. The zero-order valence-electron chi connectivity index (χ0n) is 17.5. The van der Waals surface area contributed by atoms with E-state index >= 15 is 0 Å². The highest BCUT2D eigenvalue weighted by molar-refractivity contribution is 5.91. The van der Waals surface area contributed by atoms with Crippen molar-refractivity contribution in [2.24, 2.45) is 5.73 Å². The van der Waals surface area contributed by atoms with Crippen LogP contribution in [0.5, 0.6) is 0 Å². The second-order valence-corrected chi connectivity index (χ2v) is 8.08. The van der Waals surface area contributed by atoms with Crippen LogP contribution in [0.1, 0.15) is 36.8 Å². The van der Waals surface area contributed by atoms with Crippen LogP contribution in [0.15, 0.2) is 35.3 Å². The van der Waals surface area contributed by atoms with Gasteiger partial charge in [-0.3, -0.25) is 4.79 Å². The van der Waals surface area contributed by atoms with Crippen molar-refractivity contribution in [2.75, 3.05) is 10.6 Å². The maximum Gasteiger partial charge on any atom is 0.416 e. The van der Waals surface area contributed by atoms with Crippen molar-refractivity contribution in [2.45, 2.75) is 50.1 Å². The molecule has 0 aliphatic heterocycles. The molecule has 0 saturated heterocycles. The first-order valence-electron chi connectivity index (χ1n) is 10.4. The van der Waals surface area contributed by atoms with E-state index in [-0.39, 0.29) is 40.8 Å². The third kappa shape index (κ3) is 5.08. The summed E-state index contributed by atoms with van der Waals surface area (Å²) in [6.45, 7) is 0. The number of benzene rings is 1. The molecule has 1 aliphatic rings. The van der Waals surface area contributed by atoms with Gasteiger partial charge in [0.1, 0.15) is 11.2 Å². The lowest BCUT2D eigenvalue weighted by molar-refractivity contribution is -0.143. The van der Waals surface area contributed by atoms with E-state index in [1.807, 2.05) is 0 Å². The molecule has 0 radical (unpaired) electrons. The summed E-state index contributed by atoms with van der Waals surface area (Å²) < 4.78 is 79.5. The number of alkyl halides is 6. The predicted octanol–water partition coefficient (Wildman–Crippen LogP) is 4.78. The molecule has 2 atom stereocenters. The van der Waals surface area contributed by atoms with E-state index in [4.69, 9.17) is 5.73 Å². The monoisotopic (exact) mass is 486 g/mol. The third-order valence-corrected chi connectivity index (χ3v) is 5.60. The van der Waals surface area contributed by atoms with Gasteiger partial charge in [0, 0.05) is 24.0 Å². The molecular weight excluding hydrogens is 466 g/mol. The van der Waals surface area contributed by atoms with Gasteiger partial charge in [-0.1, -0.05) is 12.8 Å². The standard InChI is InChI=1S/C21H20F6N6O/c22-20(23,24)10-7-11(21(25,26)27)9-12(8-10)30-17-16-15(5-6-29-18(16)34)32-19(33-17)31-14-4-2-1-3-13(14)28/h5-9,13-14H,1-4,28H2,(H,29,34)(H2,30,31,32,33)/t13-,14+/m1/s1. The van der Waals surface area contributed by atoms with Crippen molar-refractivity contribution in [3.8, 4) is 0 Å². The minimum atomic E-state index is -5.02. The molecular formula is C21H20F6N6O. The van der Waals surface area contributed by atoms with Crippen LogP contribution < -0.4 is 21.9 Å². The van der Waals surface area contributed by atoms with Gasteiger partial charge in [-0.2, -0.15) is 31.3 Å². The molecule has 1 aliphatic carbocycles. The fourth-order valence-corrected chi connectivity index (χ4v) is 3.91. The van der Waals surface area contributed by atoms with Gasteiger partial charge in [-0.25, -0.2) is 4.98 Å². The highest BCUT2D eigenvalue weighted by atomic mass is 19.4. The molecule has 13 heteroatoms. The van der Waals surface area contributed by atoms with E-state index in [1.54, 1.807) is 0 Å². The SMILES string of the molecule is N[C@@H]1CCCC[C@@H]1Nc1nc(Nc2cc(C(F)(F)F)cc(C(F)(F)F)c2)c2c(=O)[nH]ccc2n1. The molecule has 0 amide bonds. The molecule has 5 N–H and O–H groups in total. The topological polar surface area (TPSA) is 109 Å². The van der Waals surface area contributed by atoms with Gasteiger partial charge in [0.15, 0.2) is 0 Å². The van der Waals surface area contributed by atoms with Gasteiger partial charge in [0.2, 0.25) is 5.95 Å². The number of anilines is 3. The Morgan fingerprint density at radius 2 is 1.62 bits per heavy atom. The highest BCUT2D eigenvalue weighted by Crippen LogP contribution is 2.38. The predicted molar refractivity (Wildman–Crippen MR) is 114 cm³/mol. The number of rotatable bonds is 4. The molecule has 2 aromatic heterocycles. The quantitative estimate of drug-likeness (QED) is 0.396. The zero-order valence-corrected chi connectivity index (χ0v) is 17.5. The second kappa shape index (κ2) is 8.78. The van der Waals surface area contributed by atoms with Crippen molar-refractivity contribution >= 4 is 28.4 Å². The van der Waals surface area contributed by atoms with Gasteiger partial charge in [0.25, 0.3) is 5.56 Å². The highest BCUT2D eigenvalue weighted by Gasteiger charge is 2.37. The molecule has 34 heavy (non-hydrogen) atoms. The lowest BCUT2D eigenvalue weighted by Crippen LogP contribution is -2.43. The fraction of sp³-hybridized carbons (Fsp3) is 0.381. The number of H-pyrrole nitrogens is 1. The maximum absolute atomic E-state index is 13.3. The van der Waals surface area contributed by atoms with E-state index in [2.05, 4.69) is 25.6 Å². The molecule has 1 saturated carbocycles. The number of nitrogens with two attached hydrogens (primary N) is 1. The van der Waals surface area contributed by atoms with E-state index in [0.29, 0.717) is 12.1 Å². The smallest absolute Gasteiger partial charge is 0.350 e. The largest absolute Gasteiger partial charge is 0.416 e. The minimum absolute atomic E-state index is 0.0213. The summed E-state index contributed by atoms with van der Waals surface area (Å²) in [5, 5.41) is 5.42. The molecule has 2 heterocycles. The van der Waals surface area contributed by atoms with Crippen molar-refractivity contribution in [3.63, 3.8) is 0 Å². The summed E-state index contributed by atoms with van der Waals surface area (Å²) in [7, 11) is 0. The van der Waals surface area contributed by atoms with Gasteiger partial charge in [-0.15, -0.1) is 0 Å². The van der Waals surface area contributed by atoms with Crippen molar-refractivity contribution in [1.82, 2.24) is 15.0 Å². The van der Waals surface area contributed by atoms with E-state index in [1.165, 1.54) is 12.3 Å². The molecule has 0 bridgehead atoms. The number of pyridine rings is 1. The number of hydrogen-bond acceptors (Lipinski definition) is 6. The van der Waals surface area contributed by atoms with Crippen LogP contribution in [0.2, 0.25) is 0 Å². The number of fused-ring (bicyclic) bond motifs is 1. The number of nitrogens with zero attached hydrogens (tertiary/aromatic N) is 2. The number of nitrogens with one attached hydrogen (secondary N) is 3. The number of halogens is 6. The van der Waals surface area contributed by atoms with Gasteiger partial charge >= 0.3 is 12.4 Å². The van der Waals surface area contributed by atoms with Crippen LogP contribution in [0.25, 0.3) is 10.9 Å². The van der Waals surface area contributed by atoms with Crippen LogP contribution in [-0.2, 0) is 12.4 Å². The second-order valence-electron chi connectivity index (χ2n) is 8.08.